The Balaban J connectivity index is 2.85. The average molecular weight is 428 g/mol. The number of nitrogens with one attached hydrogen (secondary N) is 1. The summed E-state index contributed by atoms with van der Waals surface area (Å²) in [6.07, 6.45) is 3.03. The lowest BCUT2D eigenvalue weighted by atomic mass is 9.96. The maximum Gasteiger partial charge on any atom is 0.331 e. The highest BCUT2D eigenvalue weighted by molar-refractivity contribution is 6.08. The minimum Gasteiger partial charge on any atom is -0.496 e. The van der Waals surface area contributed by atoms with Crippen molar-refractivity contribution >= 4 is 28.1 Å². The second kappa shape index (κ2) is 10.6. The summed E-state index contributed by atoms with van der Waals surface area (Å²) in [4.78, 5) is 24.0. The van der Waals surface area contributed by atoms with E-state index in [-0.39, 0.29) is 5.69 Å². The third-order valence-electron chi connectivity index (χ3n) is 4.60. The Bertz CT molecular complexity index is 1030. The molecule has 0 aliphatic rings. The molecule has 0 saturated carbocycles. The zero-order valence-electron chi connectivity index (χ0n) is 18.6. The van der Waals surface area contributed by atoms with Crippen LogP contribution in [0.25, 0.3) is 10.8 Å². The first-order chi connectivity index (χ1) is 14.8. The molecule has 2 aromatic rings. The van der Waals surface area contributed by atoms with E-state index in [1.807, 2.05) is 19.9 Å². The molecule has 0 spiro atoms. The number of carbonyl (C=O) groups is 1. The van der Waals surface area contributed by atoms with Gasteiger partial charge in [-0.25, -0.2) is 4.79 Å². The second-order valence-electron chi connectivity index (χ2n) is 7.45. The van der Waals surface area contributed by atoms with Crippen LogP contribution in [0.1, 0.15) is 45.8 Å². The van der Waals surface area contributed by atoms with Crippen LogP contribution >= 0.6 is 0 Å². The number of nitroso groups, excluding NO2 is 1. The number of allylic oxidation sites excluding steroid dienone is 2. The fraction of sp³-hybridized carbons (Fsp3) is 0.348. The van der Waals surface area contributed by atoms with E-state index in [4.69, 9.17) is 14.2 Å². The summed E-state index contributed by atoms with van der Waals surface area (Å²) in [6, 6.07) is 4.64. The number of benzene rings is 2. The van der Waals surface area contributed by atoms with Crippen LogP contribution < -0.4 is 15.0 Å². The Kier molecular flexibility index (Phi) is 8.15. The number of rotatable bonds is 9. The van der Waals surface area contributed by atoms with Gasteiger partial charge in [-0.1, -0.05) is 17.2 Å². The van der Waals surface area contributed by atoms with E-state index >= 15 is 0 Å². The van der Waals surface area contributed by atoms with E-state index in [1.54, 1.807) is 19.9 Å². The van der Waals surface area contributed by atoms with Crippen LogP contribution in [0.2, 0.25) is 0 Å². The molecular formula is C23H28N2O6. The van der Waals surface area contributed by atoms with Crippen LogP contribution in [0.4, 0.5) is 11.4 Å². The molecule has 0 saturated heterocycles. The van der Waals surface area contributed by atoms with Gasteiger partial charge in [0.1, 0.15) is 23.3 Å². The average Bonchev–Trinajstić information content (AvgIpc) is 2.73. The van der Waals surface area contributed by atoms with Crippen molar-refractivity contribution in [2.24, 2.45) is 5.18 Å². The predicted octanol–water partition coefficient (Wildman–Crippen LogP) is 5.96. The molecule has 2 rings (SSSR count). The predicted molar refractivity (Wildman–Crippen MR) is 120 cm³/mol. The zero-order valence-corrected chi connectivity index (χ0v) is 18.6. The third kappa shape index (κ3) is 5.40. The summed E-state index contributed by atoms with van der Waals surface area (Å²) < 4.78 is 16.9. The number of carbonyl (C=O) groups excluding carboxylic acids is 1. The van der Waals surface area contributed by atoms with Crippen molar-refractivity contribution < 1.29 is 24.2 Å². The number of anilines is 1. The molecule has 8 heteroatoms. The van der Waals surface area contributed by atoms with E-state index in [9.17, 15) is 14.9 Å². The number of esters is 1. The molecule has 2 N–H and O–H groups in total. The van der Waals surface area contributed by atoms with Crippen LogP contribution in [0.5, 0.6) is 11.5 Å². The molecule has 0 fully saturated rings. The van der Waals surface area contributed by atoms with Gasteiger partial charge in [0.25, 0.3) is 0 Å². The highest BCUT2D eigenvalue weighted by Crippen LogP contribution is 2.48. The van der Waals surface area contributed by atoms with Crippen LogP contribution in [-0.2, 0) is 9.53 Å². The van der Waals surface area contributed by atoms with Crippen molar-refractivity contribution in [1.82, 2.24) is 0 Å². The topological polar surface area (TPSA) is 106 Å². The van der Waals surface area contributed by atoms with Crippen molar-refractivity contribution in [3.8, 4) is 11.5 Å². The number of fused-ring (bicyclic) bond motifs is 1. The van der Waals surface area contributed by atoms with Crippen molar-refractivity contribution in [2.45, 2.75) is 40.2 Å². The molecule has 0 amide bonds. The number of ether oxygens (including phenoxy) is 3. The fourth-order valence-electron chi connectivity index (χ4n) is 3.28. The molecule has 0 bridgehead atoms. The zero-order chi connectivity index (χ0) is 23.1. The van der Waals surface area contributed by atoms with Crippen LogP contribution in [0.15, 0.2) is 46.7 Å². The van der Waals surface area contributed by atoms with Gasteiger partial charge in [-0.3, -0.25) is 10.7 Å². The maximum absolute atomic E-state index is 12.4. The lowest BCUT2D eigenvalue weighted by Crippen LogP contribution is -2.11. The summed E-state index contributed by atoms with van der Waals surface area (Å²) in [6.45, 7) is 7.50. The van der Waals surface area contributed by atoms with Gasteiger partial charge in [0.2, 0.25) is 0 Å². The van der Waals surface area contributed by atoms with Crippen LogP contribution in [-0.4, -0.2) is 25.4 Å². The molecule has 1 atom stereocenters. The number of nitrogens with zero attached hydrogens (tertiary/aromatic N) is 1. The first-order valence-electron chi connectivity index (χ1n) is 9.71. The molecule has 0 radical (unpaired) electrons. The van der Waals surface area contributed by atoms with Gasteiger partial charge in [-0.2, -0.15) is 0 Å². The highest BCUT2D eigenvalue weighted by atomic mass is 16.5. The van der Waals surface area contributed by atoms with Gasteiger partial charge in [-0.05, 0) is 51.1 Å². The summed E-state index contributed by atoms with van der Waals surface area (Å²) in [7, 11) is 2.92. The van der Waals surface area contributed by atoms with Crippen LogP contribution in [0, 0.1) is 4.91 Å². The van der Waals surface area contributed by atoms with E-state index in [1.165, 1.54) is 32.4 Å². The molecule has 31 heavy (non-hydrogen) atoms. The molecular weight excluding hydrogens is 400 g/mol. The quantitative estimate of drug-likeness (QED) is 0.167. The minimum atomic E-state index is -0.712. The van der Waals surface area contributed by atoms with Crippen molar-refractivity contribution in [3.63, 3.8) is 0 Å². The largest absolute Gasteiger partial charge is 0.496 e. The van der Waals surface area contributed by atoms with Crippen molar-refractivity contribution in [1.29, 1.82) is 0 Å². The van der Waals surface area contributed by atoms with Crippen molar-refractivity contribution in [2.75, 3.05) is 19.7 Å². The fourth-order valence-corrected chi connectivity index (χ4v) is 3.28. The second-order valence-corrected chi connectivity index (χ2v) is 7.45. The highest BCUT2D eigenvalue weighted by Gasteiger charge is 2.26. The summed E-state index contributed by atoms with van der Waals surface area (Å²) in [5.41, 5.74) is 4.89. The molecule has 166 valence electrons. The number of hydrogen-bond acceptors (Lipinski definition) is 8. The minimum absolute atomic E-state index is 0.0996. The Labute approximate surface area is 181 Å². The SMILES string of the molecule is COc1cc(C(CC=C(C)C)OC(=O)C=C(C)C)c(OC)c2c(N=O)ccc(NO)c12. The summed E-state index contributed by atoms with van der Waals surface area (Å²) >= 11 is 0. The normalized spacial score (nSPS) is 11.3. The molecule has 2 aromatic carbocycles. The van der Waals surface area contributed by atoms with Crippen LogP contribution in [0.3, 0.4) is 0 Å². The Morgan fingerprint density at radius 3 is 2.35 bits per heavy atom. The Morgan fingerprint density at radius 2 is 1.84 bits per heavy atom. The first-order valence-corrected chi connectivity index (χ1v) is 9.71. The molecule has 0 aromatic heterocycles. The molecule has 0 aliphatic carbocycles. The van der Waals surface area contributed by atoms with Gasteiger partial charge in [0.05, 0.1) is 30.7 Å². The first kappa shape index (κ1) is 23.9. The smallest absolute Gasteiger partial charge is 0.331 e. The lowest BCUT2D eigenvalue weighted by Gasteiger charge is -2.23. The van der Waals surface area contributed by atoms with E-state index in [0.717, 1.165) is 11.1 Å². The van der Waals surface area contributed by atoms with Gasteiger partial charge >= 0.3 is 5.97 Å². The van der Waals surface area contributed by atoms with Crippen molar-refractivity contribution in [3.05, 3.63) is 52.0 Å². The number of methoxy groups -OCH3 is 2. The molecule has 0 aliphatic heterocycles. The standard InChI is InChI=1S/C23H28N2O6/c1-13(2)7-10-18(31-20(26)11-14(3)4)15-12-19(29-5)21-16(24-27)8-9-17(25-28)22(21)23(15)30-6/h7-9,11-12,18,24,27H,10H2,1-6H3. The van der Waals surface area contributed by atoms with Gasteiger partial charge in [-0.15, -0.1) is 4.91 Å². The van der Waals surface area contributed by atoms with E-state index in [0.29, 0.717) is 39.9 Å². The maximum atomic E-state index is 12.4. The van der Waals surface area contributed by atoms with Gasteiger partial charge in [0.15, 0.2) is 0 Å². The van der Waals surface area contributed by atoms with E-state index in [2.05, 4.69) is 10.7 Å². The van der Waals surface area contributed by atoms with Gasteiger partial charge in [0, 0.05) is 18.1 Å². The molecule has 1 unspecified atom stereocenters. The van der Waals surface area contributed by atoms with E-state index < -0.39 is 12.1 Å². The number of hydrogen-bond donors (Lipinski definition) is 2. The lowest BCUT2D eigenvalue weighted by molar-refractivity contribution is -0.143. The molecule has 0 heterocycles. The van der Waals surface area contributed by atoms with Gasteiger partial charge < -0.3 is 14.2 Å². The Morgan fingerprint density at radius 1 is 1.13 bits per heavy atom. The Hall–Kier alpha value is -3.39. The summed E-state index contributed by atoms with van der Waals surface area (Å²) in [5, 5.41) is 13.4. The monoisotopic (exact) mass is 428 g/mol. The summed E-state index contributed by atoms with van der Waals surface area (Å²) in [5.74, 6) is 0.167. The molecule has 8 nitrogen and oxygen atoms in total. The third-order valence-corrected chi connectivity index (χ3v) is 4.60.